The minimum atomic E-state index is -0.330. The Morgan fingerprint density at radius 1 is 1.05 bits per heavy atom. The zero-order valence-corrected chi connectivity index (χ0v) is 22.6. The molecule has 3 aromatic rings. The number of nitrogens with zero attached hydrogens (tertiary/aromatic N) is 3. The van der Waals surface area contributed by atoms with Gasteiger partial charge < -0.3 is 19.5 Å². The molecule has 0 amide bonds. The fraction of sp³-hybridized carbons (Fsp3) is 0.455. The fourth-order valence-corrected chi connectivity index (χ4v) is 7.62. The zero-order chi connectivity index (χ0) is 26.6. The van der Waals surface area contributed by atoms with Crippen molar-refractivity contribution in [2.75, 3.05) is 44.3 Å². The summed E-state index contributed by atoms with van der Waals surface area (Å²) < 4.78 is 5.85. The van der Waals surface area contributed by atoms with Crippen molar-refractivity contribution >= 4 is 22.4 Å². The van der Waals surface area contributed by atoms with Crippen LogP contribution in [0.15, 0.2) is 30.3 Å². The maximum Gasteiger partial charge on any atom is 0.195 e. The van der Waals surface area contributed by atoms with Crippen molar-refractivity contribution in [3.05, 3.63) is 63.8 Å². The first kappa shape index (κ1) is 24.5. The summed E-state index contributed by atoms with van der Waals surface area (Å²) >= 11 is 0. The Balaban J connectivity index is 1.36. The van der Waals surface area contributed by atoms with Gasteiger partial charge in [-0.1, -0.05) is 12.0 Å². The molecule has 1 aliphatic carbocycles. The van der Waals surface area contributed by atoms with Gasteiger partial charge in [-0.2, -0.15) is 5.26 Å². The summed E-state index contributed by atoms with van der Waals surface area (Å²) in [5.74, 6) is 6.51. The first-order valence-corrected chi connectivity index (χ1v) is 14.4. The van der Waals surface area contributed by atoms with Crippen LogP contribution >= 0.6 is 0 Å². The molecule has 1 N–H and O–H groups in total. The van der Waals surface area contributed by atoms with Crippen LogP contribution in [0.4, 0.5) is 5.69 Å². The number of anilines is 1. The van der Waals surface area contributed by atoms with E-state index in [1.165, 1.54) is 38.8 Å². The number of ether oxygens (including phenoxy) is 1. The first-order valence-electron chi connectivity index (χ1n) is 14.4. The third-order valence-corrected chi connectivity index (χ3v) is 9.60. The van der Waals surface area contributed by atoms with Crippen molar-refractivity contribution in [1.29, 1.82) is 5.26 Å². The van der Waals surface area contributed by atoms with Crippen molar-refractivity contribution in [2.24, 2.45) is 0 Å². The summed E-state index contributed by atoms with van der Waals surface area (Å²) in [4.78, 5) is 23.0. The van der Waals surface area contributed by atoms with Crippen LogP contribution in [-0.2, 0) is 10.2 Å². The van der Waals surface area contributed by atoms with Gasteiger partial charge in [-0.05, 0) is 88.4 Å². The molecule has 3 aliphatic heterocycles. The minimum Gasteiger partial charge on any atom is -0.381 e. The molecule has 1 spiro atoms. The molecule has 0 unspecified atom stereocenters. The summed E-state index contributed by atoms with van der Waals surface area (Å²) in [6.07, 6.45) is 6.62. The van der Waals surface area contributed by atoms with Gasteiger partial charge in [0.25, 0.3) is 0 Å². The van der Waals surface area contributed by atoms with E-state index in [1.807, 2.05) is 19.1 Å². The summed E-state index contributed by atoms with van der Waals surface area (Å²) in [5.41, 5.74) is 6.82. The molecule has 3 fully saturated rings. The highest BCUT2D eigenvalue weighted by Crippen LogP contribution is 2.51. The zero-order valence-electron chi connectivity index (χ0n) is 22.6. The van der Waals surface area contributed by atoms with Crippen molar-refractivity contribution in [3.8, 4) is 17.9 Å². The lowest BCUT2D eigenvalue weighted by molar-refractivity contribution is 0.0602. The first-order chi connectivity index (χ1) is 19.1. The van der Waals surface area contributed by atoms with Gasteiger partial charge in [-0.15, -0.1) is 5.92 Å². The van der Waals surface area contributed by atoms with Crippen LogP contribution in [0.3, 0.4) is 0 Å². The average molecular weight is 519 g/mol. The van der Waals surface area contributed by atoms with Crippen molar-refractivity contribution < 1.29 is 9.53 Å². The number of aromatic amines is 1. The predicted octanol–water partition coefficient (Wildman–Crippen LogP) is 5.12. The van der Waals surface area contributed by atoms with Crippen molar-refractivity contribution in [3.63, 3.8) is 0 Å². The number of H-pyrrole nitrogens is 1. The standard InChI is InChI=1S/C33H34N4O2/c1-2-5-23-19-26-27(20-29(23)37-14-8-24(9-15-37)36-12-3-4-13-36)33(10-16-39-17-11-33)32-30(31(26)38)25-7-6-22(21-34)18-28(25)35-32/h6-7,18-20,24,35H,3-4,8-17H2,1H3. The third-order valence-electron chi connectivity index (χ3n) is 9.60. The van der Waals surface area contributed by atoms with Gasteiger partial charge in [-0.3, -0.25) is 4.79 Å². The number of nitriles is 1. The monoisotopic (exact) mass is 518 g/mol. The number of likely N-dealkylation sites (tertiary alicyclic amines) is 1. The molecule has 2 aromatic carbocycles. The summed E-state index contributed by atoms with van der Waals surface area (Å²) in [5, 5.41) is 10.4. The van der Waals surface area contributed by atoms with Crippen LogP contribution < -0.4 is 4.90 Å². The Hall–Kier alpha value is -3.58. The van der Waals surface area contributed by atoms with Gasteiger partial charge >= 0.3 is 0 Å². The van der Waals surface area contributed by atoms with E-state index in [2.05, 4.69) is 44.8 Å². The molecule has 198 valence electrons. The van der Waals surface area contributed by atoms with Crippen molar-refractivity contribution in [2.45, 2.75) is 56.9 Å². The molecular formula is C33H34N4O2. The maximum atomic E-state index is 14.2. The number of benzene rings is 2. The number of aromatic nitrogens is 1. The smallest absolute Gasteiger partial charge is 0.195 e. The van der Waals surface area contributed by atoms with E-state index in [-0.39, 0.29) is 11.2 Å². The summed E-state index contributed by atoms with van der Waals surface area (Å²) in [7, 11) is 0. The lowest BCUT2D eigenvalue weighted by Crippen LogP contribution is -2.44. The minimum absolute atomic E-state index is 0.0477. The molecule has 0 radical (unpaired) electrons. The van der Waals surface area contributed by atoms with Gasteiger partial charge in [-0.25, -0.2) is 0 Å². The largest absolute Gasteiger partial charge is 0.381 e. The fourth-order valence-electron chi connectivity index (χ4n) is 7.62. The van der Waals surface area contributed by atoms with Gasteiger partial charge in [0.05, 0.1) is 22.9 Å². The SMILES string of the molecule is CC#Cc1cc2c(cc1N1CCC(N3CCCC3)CC1)C1(CCOCC1)c1[nH]c3cc(C#N)ccc3c1C2=O. The number of carbonyl (C=O) groups is 1. The maximum absolute atomic E-state index is 14.2. The molecule has 1 aromatic heterocycles. The summed E-state index contributed by atoms with van der Waals surface area (Å²) in [6, 6.07) is 12.9. The quantitative estimate of drug-likeness (QED) is 0.477. The number of nitrogens with one attached hydrogen (secondary N) is 1. The highest BCUT2D eigenvalue weighted by molar-refractivity contribution is 6.20. The molecular weight excluding hydrogens is 484 g/mol. The Morgan fingerprint density at radius 3 is 2.54 bits per heavy atom. The predicted molar refractivity (Wildman–Crippen MR) is 152 cm³/mol. The number of ketones is 1. The molecule has 3 saturated heterocycles. The van der Waals surface area contributed by atoms with E-state index in [0.29, 0.717) is 24.8 Å². The number of hydrogen-bond donors (Lipinski definition) is 1. The van der Waals surface area contributed by atoms with Crippen LogP contribution in [0.5, 0.6) is 0 Å². The van der Waals surface area contributed by atoms with Crippen molar-refractivity contribution in [1.82, 2.24) is 9.88 Å². The van der Waals surface area contributed by atoms with Crippen LogP contribution in [0, 0.1) is 23.2 Å². The van der Waals surface area contributed by atoms with Gasteiger partial charge in [0.15, 0.2) is 5.78 Å². The number of carbonyl (C=O) groups excluding carboxylic acids is 1. The number of fused-ring (bicyclic) bond motifs is 6. The summed E-state index contributed by atoms with van der Waals surface area (Å²) in [6.45, 7) is 7.68. The van der Waals surface area contributed by atoms with Crippen LogP contribution in [-0.4, -0.2) is 61.1 Å². The van der Waals surface area contributed by atoms with Gasteiger partial charge in [0.2, 0.25) is 0 Å². The van der Waals surface area contributed by atoms with E-state index in [4.69, 9.17) is 4.74 Å². The second-order valence-corrected chi connectivity index (χ2v) is 11.5. The molecule has 6 nitrogen and oxygen atoms in total. The lowest BCUT2D eigenvalue weighted by atomic mass is 9.64. The molecule has 7 rings (SSSR count). The molecule has 6 heteroatoms. The molecule has 0 bridgehead atoms. The second kappa shape index (κ2) is 9.56. The molecule has 0 atom stereocenters. The molecule has 0 saturated carbocycles. The van der Waals surface area contributed by atoms with E-state index >= 15 is 0 Å². The molecule has 4 heterocycles. The van der Waals surface area contributed by atoms with Gasteiger partial charge in [0, 0.05) is 65.5 Å². The van der Waals surface area contributed by atoms with E-state index < -0.39 is 0 Å². The highest BCUT2D eigenvalue weighted by atomic mass is 16.5. The van der Waals surface area contributed by atoms with E-state index in [9.17, 15) is 10.1 Å². The third kappa shape index (κ3) is 3.81. The Kier molecular flexibility index (Phi) is 5.99. The highest BCUT2D eigenvalue weighted by Gasteiger charge is 2.47. The average Bonchev–Trinajstić information content (AvgIpc) is 3.65. The van der Waals surface area contributed by atoms with E-state index in [0.717, 1.165) is 70.5 Å². The molecule has 4 aliphatic rings. The Morgan fingerprint density at radius 2 is 1.82 bits per heavy atom. The number of hydrogen-bond acceptors (Lipinski definition) is 5. The normalized spacial score (nSPS) is 20.9. The lowest BCUT2D eigenvalue weighted by Gasteiger charge is -2.43. The number of piperidine rings is 1. The Bertz CT molecular complexity index is 1560. The van der Waals surface area contributed by atoms with E-state index in [1.54, 1.807) is 6.07 Å². The Labute approximate surface area is 229 Å². The van der Waals surface area contributed by atoms with Crippen LogP contribution in [0.25, 0.3) is 10.9 Å². The molecule has 39 heavy (non-hydrogen) atoms. The van der Waals surface area contributed by atoms with Crippen LogP contribution in [0.2, 0.25) is 0 Å². The second-order valence-electron chi connectivity index (χ2n) is 11.5. The topological polar surface area (TPSA) is 72.4 Å². The number of rotatable bonds is 2. The van der Waals surface area contributed by atoms with Gasteiger partial charge in [0.1, 0.15) is 0 Å². The van der Waals surface area contributed by atoms with Crippen LogP contribution in [0.1, 0.15) is 83.8 Å².